The lowest BCUT2D eigenvalue weighted by atomic mass is 10.1. The first kappa shape index (κ1) is 17.0. The lowest BCUT2D eigenvalue weighted by Crippen LogP contribution is -2.38. The molecule has 0 unspecified atom stereocenters. The second-order valence-electron chi connectivity index (χ2n) is 6.62. The zero-order chi connectivity index (χ0) is 16.9. The molecule has 1 aromatic rings. The molecule has 0 bridgehead atoms. The van der Waals surface area contributed by atoms with Crippen molar-refractivity contribution >= 4 is 11.6 Å². The Kier molecular flexibility index (Phi) is 5.56. The van der Waals surface area contributed by atoms with Crippen LogP contribution in [-0.4, -0.2) is 42.8 Å². The van der Waals surface area contributed by atoms with Gasteiger partial charge in [-0.2, -0.15) is 0 Å². The van der Waals surface area contributed by atoms with E-state index < -0.39 is 0 Å². The van der Waals surface area contributed by atoms with Crippen molar-refractivity contribution in [2.75, 3.05) is 24.5 Å². The monoisotopic (exact) mass is 334 g/mol. The summed E-state index contributed by atoms with van der Waals surface area (Å²) in [7, 11) is 0. The highest BCUT2D eigenvalue weighted by molar-refractivity contribution is 5.80. The lowest BCUT2D eigenvalue weighted by molar-refractivity contribution is 0.145. The minimum absolute atomic E-state index is 0.209. The molecule has 1 aliphatic carbocycles. The van der Waals surface area contributed by atoms with Gasteiger partial charge in [0.2, 0.25) is 0 Å². The van der Waals surface area contributed by atoms with Crippen LogP contribution in [0.15, 0.2) is 23.2 Å². The first-order valence-electron chi connectivity index (χ1n) is 8.92. The van der Waals surface area contributed by atoms with Crippen molar-refractivity contribution in [2.24, 2.45) is 4.99 Å². The van der Waals surface area contributed by atoms with E-state index in [0.717, 1.165) is 18.1 Å². The number of hydrogen-bond donors (Lipinski definition) is 3. The topological polar surface area (TPSA) is 59.9 Å². The average molecular weight is 334 g/mol. The molecule has 132 valence electrons. The zero-order valence-electron chi connectivity index (χ0n) is 14.3. The number of aliphatic hydroxyl groups excluding tert-OH is 1. The summed E-state index contributed by atoms with van der Waals surface area (Å²) in [6, 6.07) is 5.88. The van der Waals surface area contributed by atoms with E-state index in [0.29, 0.717) is 44.2 Å². The smallest absolute Gasteiger partial charge is 0.191 e. The van der Waals surface area contributed by atoms with E-state index in [1.54, 1.807) is 6.07 Å². The van der Waals surface area contributed by atoms with Crippen LogP contribution in [0.25, 0.3) is 0 Å². The van der Waals surface area contributed by atoms with Crippen molar-refractivity contribution in [3.05, 3.63) is 29.6 Å². The summed E-state index contributed by atoms with van der Waals surface area (Å²) in [5.74, 6) is 0.591. The molecule has 2 aliphatic rings. The summed E-state index contributed by atoms with van der Waals surface area (Å²) >= 11 is 0. The van der Waals surface area contributed by atoms with Gasteiger partial charge in [0.25, 0.3) is 0 Å². The fourth-order valence-corrected chi connectivity index (χ4v) is 2.92. The Balaban J connectivity index is 1.63. The van der Waals surface area contributed by atoms with Gasteiger partial charge in [0.1, 0.15) is 5.82 Å². The third-order valence-electron chi connectivity index (χ3n) is 4.50. The van der Waals surface area contributed by atoms with Gasteiger partial charge < -0.3 is 20.6 Å². The quantitative estimate of drug-likeness (QED) is 0.569. The Morgan fingerprint density at radius 1 is 1.29 bits per heavy atom. The van der Waals surface area contributed by atoms with Crippen LogP contribution in [0.3, 0.4) is 0 Å². The number of nitrogens with one attached hydrogen (secondary N) is 2. The first-order valence-corrected chi connectivity index (χ1v) is 8.92. The van der Waals surface area contributed by atoms with Crippen LogP contribution in [0, 0.1) is 5.82 Å². The Morgan fingerprint density at radius 2 is 2.04 bits per heavy atom. The van der Waals surface area contributed by atoms with E-state index in [2.05, 4.69) is 15.6 Å². The molecule has 0 aromatic heterocycles. The van der Waals surface area contributed by atoms with Gasteiger partial charge in [-0.3, -0.25) is 0 Å². The first-order chi connectivity index (χ1) is 11.7. The Bertz CT molecular complexity index is 580. The number of nitrogens with zero attached hydrogens (tertiary/aromatic N) is 2. The number of rotatable bonds is 5. The highest BCUT2D eigenvalue weighted by atomic mass is 19.1. The molecular formula is C18H27FN4O. The van der Waals surface area contributed by atoms with Gasteiger partial charge in [-0.1, -0.05) is 6.07 Å². The molecule has 0 radical (unpaired) electrons. The van der Waals surface area contributed by atoms with Crippen LogP contribution >= 0.6 is 0 Å². The molecule has 2 fully saturated rings. The minimum Gasteiger partial charge on any atom is -0.393 e. The summed E-state index contributed by atoms with van der Waals surface area (Å²) in [6.45, 7) is 4.70. The molecular weight excluding hydrogens is 307 g/mol. The van der Waals surface area contributed by atoms with Gasteiger partial charge in [-0.05, 0) is 50.3 Å². The lowest BCUT2D eigenvalue weighted by Gasteiger charge is -2.31. The van der Waals surface area contributed by atoms with Crippen molar-refractivity contribution < 1.29 is 9.50 Å². The van der Waals surface area contributed by atoms with E-state index in [-0.39, 0.29) is 11.9 Å². The second-order valence-corrected chi connectivity index (χ2v) is 6.62. The fourth-order valence-electron chi connectivity index (χ4n) is 2.92. The van der Waals surface area contributed by atoms with Crippen molar-refractivity contribution in [2.45, 2.75) is 51.3 Å². The van der Waals surface area contributed by atoms with Crippen LogP contribution in [0.2, 0.25) is 0 Å². The molecule has 1 aliphatic heterocycles. The van der Waals surface area contributed by atoms with Gasteiger partial charge in [-0.15, -0.1) is 0 Å². The number of guanidine groups is 1. The molecule has 0 atom stereocenters. The van der Waals surface area contributed by atoms with E-state index in [4.69, 9.17) is 0 Å². The van der Waals surface area contributed by atoms with Crippen molar-refractivity contribution in [1.82, 2.24) is 10.6 Å². The van der Waals surface area contributed by atoms with Crippen molar-refractivity contribution in [3.8, 4) is 0 Å². The van der Waals surface area contributed by atoms with Crippen LogP contribution in [0.4, 0.5) is 10.1 Å². The molecule has 1 saturated heterocycles. The van der Waals surface area contributed by atoms with Gasteiger partial charge in [0, 0.05) is 25.7 Å². The van der Waals surface area contributed by atoms with Crippen LogP contribution in [0.5, 0.6) is 0 Å². The number of aliphatic hydroxyl groups is 1. The summed E-state index contributed by atoms with van der Waals surface area (Å²) in [5.41, 5.74) is 1.49. The predicted molar refractivity (Wildman–Crippen MR) is 94.8 cm³/mol. The van der Waals surface area contributed by atoms with E-state index in [9.17, 15) is 9.50 Å². The van der Waals surface area contributed by atoms with Crippen LogP contribution in [0.1, 0.15) is 38.2 Å². The minimum atomic E-state index is -0.249. The molecule has 0 spiro atoms. The standard InChI is InChI=1S/C18H27FN4O/c1-2-20-18(22-14-4-5-14)21-12-13-3-6-17(16(19)11-13)23-9-7-15(24)8-10-23/h3,6,11,14-15,24H,2,4-5,7-10,12H2,1H3,(H2,20,21,22). The third kappa shape index (κ3) is 4.60. The molecule has 6 heteroatoms. The van der Waals surface area contributed by atoms with Crippen LogP contribution in [-0.2, 0) is 6.54 Å². The number of benzene rings is 1. The highest BCUT2D eigenvalue weighted by Crippen LogP contribution is 2.24. The molecule has 5 nitrogen and oxygen atoms in total. The SMILES string of the molecule is CCNC(=NCc1ccc(N2CCC(O)CC2)c(F)c1)NC1CC1. The van der Waals surface area contributed by atoms with Gasteiger partial charge in [0.15, 0.2) is 5.96 Å². The van der Waals surface area contributed by atoms with Gasteiger partial charge in [0.05, 0.1) is 18.3 Å². The molecule has 1 saturated carbocycles. The maximum Gasteiger partial charge on any atom is 0.191 e. The maximum atomic E-state index is 14.4. The molecule has 1 aromatic carbocycles. The number of anilines is 1. The zero-order valence-corrected chi connectivity index (χ0v) is 14.3. The third-order valence-corrected chi connectivity index (χ3v) is 4.50. The Hall–Kier alpha value is -1.82. The molecule has 3 N–H and O–H groups in total. The number of hydrogen-bond acceptors (Lipinski definition) is 3. The maximum absolute atomic E-state index is 14.4. The summed E-state index contributed by atoms with van der Waals surface area (Å²) < 4.78 is 14.4. The Labute approximate surface area is 143 Å². The Morgan fingerprint density at radius 3 is 2.67 bits per heavy atom. The molecule has 3 rings (SSSR count). The van der Waals surface area contributed by atoms with Gasteiger partial charge >= 0.3 is 0 Å². The average Bonchev–Trinajstić information content (AvgIpc) is 3.38. The summed E-state index contributed by atoms with van der Waals surface area (Å²) in [4.78, 5) is 6.55. The largest absolute Gasteiger partial charge is 0.393 e. The highest BCUT2D eigenvalue weighted by Gasteiger charge is 2.22. The number of halogens is 1. The predicted octanol–water partition coefficient (Wildman–Crippen LogP) is 2.00. The van der Waals surface area contributed by atoms with E-state index >= 15 is 0 Å². The molecule has 24 heavy (non-hydrogen) atoms. The van der Waals surface area contributed by atoms with E-state index in [1.807, 2.05) is 24.0 Å². The van der Waals surface area contributed by atoms with Crippen LogP contribution < -0.4 is 15.5 Å². The molecule has 0 amide bonds. The van der Waals surface area contributed by atoms with Crippen molar-refractivity contribution in [3.63, 3.8) is 0 Å². The fraction of sp³-hybridized carbons (Fsp3) is 0.611. The van der Waals surface area contributed by atoms with Crippen molar-refractivity contribution in [1.29, 1.82) is 0 Å². The summed E-state index contributed by atoms with van der Waals surface area (Å²) in [5, 5.41) is 16.1. The van der Waals surface area contributed by atoms with E-state index in [1.165, 1.54) is 12.8 Å². The normalized spacial score (nSPS) is 19.5. The van der Waals surface area contributed by atoms with Gasteiger partial charge in [-0.25, -0.2) is 9.38 Å². The number of piperidine rings is 1. The second kappa shape index (κ2) is 7.83. The summed E-state index contributed by atoms with van der Waals surface area (Å²) in [6.07, 6.45) is 3.53. The number of aliphatic imine (C=N–C) groups is 1. The molecule has 1 heterocycles.